The van der Waals surface area contributed by atoms with Crippen molar-refractivity contribution in [2.24, 2.45) is 0 Å². The quantitative estimate of drug-likeness (QED) is 0.850. The fraction of sp³-hybridized carbons (Fsp3) is 0.312. The Morgan fingerprint density at radius 2 is 2.00 bits per heavy atom. The van der Waals surface area contributed by atoms with Crippen LogP contribution in [0.4, 0.5) is 4.79 Å². The van der Waals surface area contributed by atoms with Gasteiger partial charge in [-0.2, -0.15) is 5.10 Å². The monoisotopic (exact) mass is 301 g/mol. The van der Waals surface area contributed by atoms with E-state index in [4.69, 9.17) is 4.74 Å². The van der Waals surface area contributed by atoms with E-state index in [2.05, 4.69) is 15.5 Å². The van der Waals surface area contributed by atoms with Crippen LogP contribution in [0, 0.1) is 0 Å². The van der Waals surface area contributed by atoms with Gasteiger partial charge in [0.15, 0.2) is 0 Å². The summed E-state index contributed by atoms with van der Waals surface area (Å²) < 4.78 is 5.17. The van der Waals surface area contributed by atoms with E-state index in [1.807, 2.05) is 30.3 Å². The van der Waals surface area contributed by atoms with Gasteiger partial charge in [0.1, 0.15) is 17.9 Å². The van der Waals surface area contributed by atoms with Gasteiger partial charge in [0, 0.05) is 5.56 Å². The van der Waals surface area contributed by atoms with Gasteiger partial charge in [-0.15, -0.1) is 0 Å². The third-order valence-electron chi connectivity index (χ3n) is 2.87. The molecule has 1 atom stereocenters. The Kier molecular flexibility index (Phi) is 4.60. The first-order valence-corrected chi connectivity index (χ1v) is 6.94. The Morgan fingerprint density at radius 1 is 1.32 bits per heavy atom. The lowest BCUT2D eigenvalue weighted by atomic mass is 10.0. The van der Waals surface area contributed by atoms with Crippen LogP contribution in [0.2, 0.25) is 0 Å². The number of aromatic nitrogens is 2. The molecule has 0 bridgehead atoms. The number of aldehydes is 1. The smallest absolute Gasteiger partial charge is 0.408 e. The van der Waals surface area contributed by atoms with Crippen LogP contribution in [0.15, 0.2) is 36.5 Å². The first-order chi connectivity index (χ1) is 10.4. The van der Waals surface area contributed by atoms with Crippen LogP contribution in [0.5, 0.6) is 0 Å². The molecule has 0 spiro atoms. The number of rotatable bonds is 4. The van der Waals surface area contributed by atoms with E-state index in [0.717, 1.165) is 5.56 Å². The number of nitrogens with one attached hydrogen (secondary N) is 2. The summed E-state index contributed by atoms with van der Waals surface area (Å²) in [7, 11) is 0. The molecule has 2 rings (SSSR count). The zero-order chi connectivity index (χ0) is 16.2. The number of carbonyl (C=O) groups excluding carboxylic acids is 2. The Morgan fingerprint density at radius 3 is 2.59 bits per heavy atom. The second-order valence-electron chi connectivity index (χ2n) is 5.83. The molecule has 1 amide bonds. The standard InChI is InChI=1S/C16H19N3O3/c1-16(2,3)22-15(21)18-13(10-20)12-9-17-19-14(12)11-7-5-4-6-8-11/h4-10,13H,1-3H3,(H,17,19)(H,18,21). The largest absolute Gasteiger partial charge is 0.444 e. The number of hydrogen-bond donors (Lipinski definition) is 2. The molecule has 0 saturated heterocycles. The van der Waals surface area contributed by atoms with E-state index in [0.29, 0.717) is 17.5 Å². The lowest BCUT2D eigenvalue weighted by molar-refractivity contribution is -0.109. The second-order valence-corrected chi connectivity index (χ2v) is 5.83. The summed E-state index contributed by atoms with van der Waals surface area (Å²) in [5.41, 5.74) is 1.53. The van der Waals surface area contributed by atoms with Gasteiger partial charge in [-0.25, -0.2) is 4.79 Å². The van der Waals surface area contributed by atoms with Crippen molar-refractivity contribution in [2.75, 3.05) is 0 Å². The van der Waals surface area contributed by atoms with Crippen LogP contribution in [0.25, 0.3) is 11.3 Å². The maximum absolute atomic E-state index is 11.8. The molecule has 1 aromatic heterocycles. The van der Waals surface area contributed by atoms with Crippen LogP contribution in [-0.2, 0) is 9.53 Å². The summed E-state index contributed by atoms with van der Waals surface area (Å²) in [6, 6.07) is 8.63. The van der Waals surface area contributed by atoms with Gasteiger partial charge in [0.25, 0.3) is 0 Å². The number of nitrogens with zero attached hydrogens (tertiary/aromatic N) is 1. The molecule has 1 aromatic carbocycles. The van der Waals surface area contributed by atoms with Crippen LogP contribution < -0.4 is 5.32 Å². The van der Waals surface area contributed by atoms with E-state index < -0.39 is 17.7 Å². The summed E-state index contributed by atoms with van der Waals surface area (Å²) in [6.45, 7) is 5.28. The lowest BCUT2D eigenvalue weighted by Crippen LogP contribution is -2.35. The molecule has 2 N–H and O–H groups in total. The molecular formula is C16H19N3O3. The van der Waals surface area contributed by atoms with Gasteiger partial charge in [0.05, 0.1) is 11.9 Å². The fourth-order valence-electron chi connectivity index (χ4n) is 1.99. The molecule has 6 nitrogen and oxygen atoms in total. The highest BCUT2D eigenvalue weighted by atomic mass is 16.6. The molecule has 0 aliphatic heterocycles. The number of hydrogen-bond acceptors (Lipinski definition) is 4. The Bertz CT molecular complexity index is 644. The first-order valence-electron chi connectivity index (χ1n) is 6.94. The molecule has 2 aromatic rings. The number of amides is 1. The molecule has 22 heavy (non-hydrogen) atoms. The molecule has 0 aliphatic rings. The average molecular weight is 301 g/mol. The van der Waals surface area contributed by atoms with E-state index in [9.17, 15) is 9.59 Å². The van der Waals surface area contributed by atoms with Crippen molar-refractivity contribution in [3.63, 3.8) is 0 Å². The van der Waals surface area contributed by atoms with Crippen molar-refractivity contribution in [1.82, 2.24) is 15.5 Å². The molecule has 1 heterocycles. The minimum Gasteiger partial charge on any atom is -0.444 e. The SMILES string of the molecule is CC(C)(C)OC(=O)NC(C=O)c1cn[nH]c1-c1ccccc1. The van der Waals surface area contributed by atoms with E-state index in [-0.39, 0.29) is 0 Å². The molecule has 0 saturated carbocycles. The fourth-order valence-corrected chi connectivity index (χ4v) is 1.99. The maximum Gasteiger partial charge on any atom is 0.408 e. The molecule has 0 aliphatic carbocycles. The predicted octanol–water partition coefficient (Wildman–Crippen LogP) is 2.84. The van der Waals surface area contributed by atoms with E-state index in [1.165, 1.54) is 6.20 Å². The Balaban J connectivity index is 2.21. The number of carbonyl (C=O) groups is 2. The molecular weight excluding hydrogens is 282 g/mol. The van der Waals surface area contributed by atoms with Crippen molar-refractivity contribution in [1.29, 1.82) is 0 Å². The molecule has 6 heteroatoms. The molecule has 0 radical (unpaired) electrons. The van der Waals surface area contributed by atoms with E-state index in [1.54, 1.807) is 20.8 Å². The van der Waals surface area contributed by atoms with Crippen LogP contribution in [0.1, 0.15) is 32.4 Å². The van der Waals surface area contributed by atoms with Crippen molar-refractivity contribution >= 4 is 12.4 Å². The first kappa shape index (κ1) is 15.8. The topological polar surface area (TPSA) is 84.1 Å². The summed E-state index contributed by atoms with van der Waals surface area (Å²) >= 11 is 0. The summed E-state index contributed by atoms with van der Waals surface area (Å²) in [5, 5.41) is 9.38. The predicted molar refractivity (Wildman–Crippen MR) is 82.2 cm³/mol. The normalized spacial score (nSPS) is 12.5. The highest BCUT2D eigenvalue weighted by molar-refractivity contribution is 5.77. The summed E-state index contributed by atoms with van der Waals surface area (Å²) in [5.74, 6) is 0. The minimum atomic E-state index is -0.830. The van der Waals surface area contributed by atoms with Crippen LogP contribution in [-0.4, -0.2) is 28.2 Å². The van der Waals surface area contributed by atoms with Gasteiger partial charge in [-0.05, 0) is 26.3 Å². The van der Waals surface area contributed by atoms with Gasteiger partial charge in [-0.3, -0.25) is 5.10 Å². The van der Waals surface area contributed by atoms with Crippen molar-refractivity contribution in [2.45, 2.75) is 32.4 Å². The number of benzene rings is 1. The summed E-state index contributed by atoms with van der Waals surface area (Å²) in [6.07, 6.45) is 1.53. The number of aromatic amines is 1. The van der Waals surface area contributed by atoms with Gasteiger partial charge in [-0.1, -0.05) is 30.3 Å². The zero-order valence-electron chi connectivity index (χ0n) is 12.8. The van der Waals surface area contributed by atoms with E-state index >= 15 is 0 Å². The summed E-state index contributed by atoms with van der Waals surface area (Å²) in [4.78, 5) is 23.2. The molecule has 0 fully saturated rings. The average Bonchev–Trinajstić information content (AvgIpc) is 2.93. The van der Waals surface area contributed by atoms with Crippen molar-refractivity contribution in [3.05, 3.63) is 42.1 Å². The highest BCUT2D eigenvalue weighted by Gasteiger charge is 2.23. The lowest BCUT2D eigenvalue weighted by Gasteiger charge is -2.21. The zero-order valence-corrected chi connectivity index (χ0v) is 12.8. The van der Waals surface area contributed by atoms with Gasteiger partial charge in [0.2, 0.25) is 0 Å². The Labute approximate surface area is 128 Å². The molecule has 1 unspecified atom stereocenters. The van der Waals surface area contributed by atoms with Crippen molar-refractivity contribution < 1.29 is 14.3 Å². The number of H-pyrrole nitrogens is 1. The van der Waals surface area contributed by atoms with Gasteiger partial charge >= 0.3 is 6.09 Å². The third kappa shape index (κ3) is 3.94. The highest BCUT2D eigenvalue weighted by Crippen LogP contribution is 2.25. The minimum absolute atomic E-state index is 0.590. The second kappa shape index (κ2) is 6.43. The number of ether oxygens (including phenoxy) is 1. The van der Waals surface area contributed by atoms with Crippen LogP contribution >= 0.6 is 0 Å². The number of alkyl carbamates (subject to hydrolysis) is 1. The van der Waals surface area contributed by atoms with Crippen molar-refractivity contribution in [3.8, 4) is 11.3 Å². The Hall–Kier alpha value is -2.63. The van der Waals surface area contributed by atoms with Gasteiger partial charge < -0.3 is 14.8 Å². The van der Waals surface area contributed by atoms with Crippen LogP contribution in [0.3, 0.4) is 0 Å². The third-order valence-corrected chi connectivity index (χ3v) is 2.87. The maximum atomic E-state index is 11.8. The molecule has 116 valence electrons.